The topological polar surface area (TPSA) is 40.7 Å². The maximum Gasteiger partial charge on any atom is 0.410 e. The van der Waals surface area contributed by atoms with Crippen molar-refractivity contribution in [2.45, 2.75) is 25.6 Å². The van der Waals surface area contributed by atoms with Crippen molar-refractivity contribution in [1.29, 1.82) is 0 Å². The van der Waals surface area contributed by atoms with Crippen LogP contribution in [0.3, 0.4) is 0 Å². The van der Waals surface area contributed by atoms with Crippen molar-refractivity contribution in [3.05, 3.63) is 3.95 Å². The maximum atomic E-state index is 12.4. The van der Waals surface area contributed by atoms with Crippen LogP contribution in [0.15, 0.2) is 0 Å². The van der Waals surface area contributed by atoms with Crippen molar-refractivity contribution >= 4 is 28.7 Å². The van der Waals surface area contributed by atoms with Crippen LogP contribution in [0.5, 0.6) is 0 Å². The Kier molecular flexibility index (Phi) is 2.86. The molecule has 1 aromatic heterocycles. The fraction of sp³-hybridized carbons (Fsp3) is 0.667. The Labute approximate surface area is 87.3 Å². The first kappa shape index (κ1) is 11.4. The first-order chi connectivity index (χ1) is 6.22. The molecule has 3 nitrogen and oxygen atoms in total. The molecule has 0 atom stereocenters. The third kappa shape index (κ3) is 2.44. The summed E-state index contributed by atoms with van der Waals surface area (Å²) in [6, 6.07) is 0. The van der Waals surface area contributed by atoms with Gasteiger partial charge in [-0.2, -0.15) is 13.2 Å². The summed E-state index contributed by atoms with van der Waals surface area (Å²) in [6.45, 7) is 2.08. The third-order valence-electron chi connectivity index (χ3n) is 1.57. The SMILES string of the molecule is CC(C)(Nc1n[nH]c(=S)s1)C(F)(F)F. The lowest BCUT2D eigenvalue weighted by Crippen LogP contribution is -2.46. The summed E-state index contributed by atoms with van der Waals surface area (Å²) in [5.74, 6) is 0. The van der Waals surface area contributed by atoms with Crippen molar-refractivity contribution in [2.24, 2.45) is 0 Å². The van der Waals surface area contributed by atoms with Crippen LogP contribution < -0.4 is 5.32 Å². The second-order valence-corrected chi connectivity index (χ2v) is 4.83. The number of aromatic amines is 1. The molecular formula is C6H8F3N3S2. The lowest BCUT2D eigenvalue weighted by molar-refractivity contribution is -0.168. The maximum absolute atomic E-state index is 12.4. The molecule has 1 rings (SSSR count). The normalized spacial score (nSPS) is 12.9. The Hall–Kier alpha value is -0.630. The van der Waals surface area contributed by atoms with Crippen LogP contribution in [0.2, 0.25) is 0 Å². The highest BCUT2D eigenvalue weighted by Gasteiger charge is 2.47. The van der Waals surface area contributed by atoms with Gasteiger partial charge in [0, 0.05) is 0 Å². The van der Waals surface area contributed by atoms with E-state index in [2.05, 4.69) is 15.5 Å². The first-order valence-corrected chi connectivity index (χ1v) is 4.85. The van der Waals surface area contributed by atoms with E-state index in [0.717, 1.165) is 25.2 Å². The van der Waals surface area contributed by atoms with E-state index in [-0.39, 0.29) is 5.13 Å². The average molecular weight is 243 g/mol. The van der Waals surface area contributed by atoms with Gasteiger partial charge in [0.15, 0.2) is 3.95 Å². The molecule has 0 aliphatic carbocycles. The molecule has 0 amide bonds. The third-order valence-corrected chi connectivity index (χ3v) is 2.57. The molecule has 80 valence electrons. The zero-order valence-corrected chi connectivity index (χ0v) is 9.03. The van der Waals surface area contributed by atoms with E-state index in [1.54, 1.807) is 0 Å². The number of hydrogen-bond acceptors (Lipinski definition) is 4. The van der Waals surface area contributed by atoms with Gasteiger partial charge in [0.1, 0.15) is 5.54 Å². The van der Waals surface area contributed by atoms with Crippen molar-refractivity contribution < 1.29 is 13.2 Å². The zero-order chi connectivity index (χ0) is 11.0. The number of nitrogens with one attached hydrogen (secondary N) is 2. The smallest absolute Gasteiger partial charge is 0.347 e. The van der Waals surface area contributed by atoms with Gasteiger partial charge < -0.3 is 5.32 Å². The standard InChI is InChI=1S/C6H8F3N3S2/c1-5(2,6(7,8)9)10-3-11-12-4(13)14-3/h1-2H3,(H,10,11)(H,12,13). The number of H-pyrrole nitrogens is 1. The number of aromatic nitrogens is 2. The molecule has 14 heavy (non-hydrogen) atoms. The van der Waals surface area contributed by atoms with Gasteiger partial charge in [-0.1, -0.05) is 11.3 Å². The van der Waals surface area contributed by atoms with Crippen LogP contribution in [0.4, 0.5) is 18.3 Å². The number of halogens is 3. The van der Waals surface area contributed by atoms with E-state index in [1.165, 1.54) is 0 Å². The van der Waals surface area contributed by atoms with Gasteiger partial charge >= 0.3 is 6.18 Å². The Morgan fingerprint density at radius 3 is 2.36 bits per heavy atom. The van der Waals surface area contributed by atoms with Gasteiger partial charge in [-0.05, 0) is 26.1 Å². The molecule has 1 aromatic rings. The summed E-state index contributed by atoms with van der Waals surface area (Å²) in [7, 11) is 0. The second-order valence-electron chi connectivity index (χ2n) is 3.17. The van der Waals surface area contributed by atoms with E-state index in [0.29, 0.717) is 3.95 Å². The van der Waals surface area contributed by atoms with Gasteiger partial charge in [0.2, 0.25) is 5.13 Å². The molecule has 0 aromatic carbocycles. The fourth-order valence-corrected chi connectivity index (χ4v) is 1.57. The number of hydrogen-bond donors (Lipinski definition) is 2. The van der Waals surface area contributed by atoms with E-state index >= 15 is 0 Å². The van der Waals surface area contributed by atoms with Crippen LogP contribution in [-0.2, 0) is 0 Å². The van der Waals surface area contributed by atoms with Gasteiger partial charge in [0.05, 0.1) is 0 Å². The minimum atomic E-state index is -4.33. The molecule has 0 aliphatic heterocycles. The summed E-state index contributed by atoms with van der Waals surface area (Å²) >= 11 is 5.66. The lowest BCUT2D eigenvalue weighted by Gasteiger charge is -2.28. The van der Waals surface area contributed by atoms with E-state index in [4.69, 9.17) is 12.2 Å². The van der Waals surface area contributed by atoms with E-state index in [1.807, 2.05) is 0 Å². The molecule has 0 fully saturated rings. The number of anilines is 1. The number of rotatable bonds is 2. The monoisotopic (exact) mass is 243 g/mol. The predicted molar refractivity (Wildman–Crippen MR) is 51.1 cm³/mol. The average Bonchev–Trinajstić information content (AvgIpc) is 2.31. The number of nitrogens with zero attached hydrogens (tertiary/aromatic N) is 1. The van der Waals surface area contributed by atoms with Gasteiger partial charge in [0.25, 0.3) is 0 Å². The summed E-state index contributed by atoms with van der Waals surface area (Å²) in [4.78, 5) is 0. The highest BCUT2D eigenvalue weighted by molar-refractivity contribution is 7.73. The molecule has 0 saturated carbocycles. The molecule has 0 saturated heterocycles. The minimum Gasteiger partial charge on any atom is -0.347 e. The zero-order valence-electron chi connectivity index (χ0n) is 7.40. The first-order valence-electron chi connectivity index (χ1n) is 3.63. The largest absolute Gasteiger partial charge is 0.410 e. The summed E-state index contributed by atoms with van der Waals surface area (Å²) in [6.07, 6.45) is -4.33. The van der Waals surface area contributed by atoms with Crippen LogP contribution >= 0.6 is 23.6 Å². The van der Waals surface area contributed by atoms with Crippen molar-refractivity contribution in [1.82, 2.24) is 10.2 Å². The lowest BCUT2D eigenvalue weighted by atomic mass is 10.1. The van der Waals surface area contributed by atoms with E-state index in [9.17, 15) is 13.2 Å². The van der Waals surface area contributed by atoms with Crippen LogP contribution in [0.1, 0.15) is 13.8 Å². The summed E-state index contributed by atoms with van der Waals surface area (Å²) < 4.78 is 37.6. The van der Waals surface area contributed by atoms with Crippen molar-refractivity contribution in [3.63, 3.8) is 0 Å². The quantitative estimate of drug-likeness (QED) is 0.785. The highest BCUT2D eigenvalue weighted by Crippen LogP contribution is 2.33. The summed E-state index contributed by atoms with van der Waals surface area (Å²) in [5.41, 5.74) is -2.01. The Morgan fingerprint density at radius 2 is 2.00 bits per heavy atom. The highest BCUT2D eigenvalue weighted by atomic mass is 32.1. The Morgan fingerprint density at radius 1 is 1.43 bits per heavy atom. The fourth-order valence-electron chi connectivity index (χ4n) is 0.622. The van der Waals surface area contributed by atoms with Crippen LogP contribution in [0.25, 0.3) is 0 Å². The molecule has 2 N–H and O–H groups in total. The van der Waals surface area contributed by atoms with Crippen LogP contribution in [0, 0.1) is 3.95 Å². The predicted octanol–water partition coefficient (Wildman–Crippen LogP) is 2.95. The van der Waals surface area contributed by atoms with E-state index < -0.39 is 11.7 Å². The van der Waals surface area contributed by atoms with Gasteiger partial charge in [-0.25, -0.2) is 0 Å². The molecule has 0 bridgehead atoms. The second kappa shape index (κ2) is 3.50. The van der Waals surface area contributed by atoms with Gasteiger partial charge in [-0.3, -0.25) is 5.10 Å². The van der Waals surface area contributed by atoms with Crippen molar-refractivity contribution in [2.75, 3.05) is 5.32 Å². The molecular weight excluding hydrogens is 235 g/mol. The molecule has 8 heteroatoms. The van der Waals surface area contributed by atoms with Gasteiger partial charge in [-0.15, -0.1) is 5.10 Å². The number of alkyl halides is 3. The summed E-state index contributed by atoms with van der Waals surface area (Å²) in [5, 5.41) is 8.39. The Bertz CT molecular complexity index is 365. The van der Waals surface area contributed by atoms with Crippen molar-refractivity contribution in [3.8, 4) is 0 Å². The molecule has 0 spiro atoms. The molecule has 0 aliphatic rings. The van der Waals surface area contributed by atoms with Crippen LogP contribution in [-0.4, -0.2) is 21.9 Å². The molecule has 0 radical (unpaired) electrons. The minimum absolute atomic E-state index is 0.136. The Balaban J connectivity index is 2.83. The molecule has 0 unspecified atom stereocenters. The molecule has 1 heterocycles.